The van der Waals surface area contributed by atoms with Crippen LogP contribution in [0.4, 0.5) is 5.95 Å². The van der Waals surface area contributed by atoms with Crippen LogP contribution in [0, 0.1) is 0 Å². The Morgan fingerprint density at radius 1 is 1.26 bits per heavy atom. The van der Waals surface area contributed by atoms with Gasteiger partial charge in [0.15, 0.2) is 5.82 Å². The Kier molecular flexibility index (Phi) is 4.52. The van der Waals surface area contributed by atoms with Crippen LogP contribution in [0.3, 0.4) is 0 Å². The quantitative estimate of drug-likeness (QED) is 0.919. The second-order valence-electron chi connectivity index (χ2n) is 4.14. The van der Waals surface area contributed by atoms with Crippen LogP contribution in [-0.4, -0.2) is 26.3 Å². The molecule has 0 saturated heterocycles. The molecule has 0 amide bonds. The van der Waals surface area contributed by atoms with Crippen molar-refractivity contribution in [2.24, 2.45) is 0 Å². The van der Waals surface area contributed by atoms with Gasteiger partial charge in [0.05, 0.1) is 10.2 Å². The molecule has 2 rings (SSSR count). The van der Waals surface area contributed by atoms with Crippen LogP contribution in [0.2, 0.25) is 0 Å². The van der Waals surface area contributed by atoms with Crippen LogP contribution in [0.5, 0.6) is 0 Å². The number of anilines is 1. The van der Waals surface area contributed by atoms with Crippen molar-refractivity contribution in [2.75, 3.05) is 11.9 Å². The molecule has 19 heavy (non-hydrogen) atoms. The molecule has 0 aliphatic heterocycles. The standard InChI is InChI=1S/C13H18BrN5/c1-4-9-7-10(5-2)19(18-9)12-11(14)8-16-13(17-12)15-6-3/h7-8H,4-6H2,1-3H3,(H,15,16,17). The lowest BCUT2D eigenvalue weighted by molar-refractivity contribution is 0.765. The van der Waals surface area contributed by atoms with Crippen molar-refractivity contribution in [3.8, 4) is 5.82 Å². The summed E-state index contributed by atoms with van der Waals surface area (Å²) in [6.07, 6.45) is 3.59. The van der Waals surface area contributed by atoms with Gasteiger partial charge in [-0.25, -0.2) is 9.67 Å². The summed E-state index contributed by atoms with van der Waals surface area (Å²) in [6.45, 7) is 7.03. The molecule has 0 aliphatic carbocycles. The monoisotopic (exact) mass is 323 g/mol. The first-order valence-corrected chi connectivity index (χ1v) is 7.33. The van der Waals surface area contributed by atoms with E-state index in [1.807, 2.05) is 11.6 Å². The Bertz CT molecular complexity index is 564. The predicted molar refractivity (Wildman–Crippen MR) is 79.8 cm³/mol. The lowest BCUT2D eigenvalue weighted by Crippen LogP contribution is -2.09. The third-order valence-corrected chi connectivity index (χ3v) is 3.38. The zero-order valence-corrected chi connectivity index (χ0v) is 13.0. The zero-order chi connectivity index (χ0) is 13.8. The maximum Gasteiger partial charge on any atom is 0.224 e. The molecule has 0 aromatic carbocycles. The van der Waals surface area contributed by atoms with Gasteiger partial charge in [0.1, 0.15) is 0 Å². The molecule has 0 bridgehead atoms. The summed E-state index contributed by atoms with van der Waals surface area (Å²) in [7, 11) is 0. The first-order chi connectivity index (χ1) is 9.19. The van der Waals surface area contributed by atoms with E-state index in [0.29, 0.717) is 5.95 Å². The molecule has 102 valence electrons. The topological polar surface area (TPSA) is 55.6 Å². The third-order valence-electron chi connectivity index (χ3n) is 2.82. The molecular formula is C13H18BrN5. The van der Waals surface area contributed by atoms with E-state index >= 15 is 0 Å². The molecule has 1 N–H and O–H groups in total. The number of aryl methyl sites for hydroxylation is 2. The van der Waals surface area contributed by atoms with Gasteiger partial charge in [0.25, 0.3) is 0 Å². The third kappa shape index (κ3) is 2.94. The van der Waals surface area contributed by atoms with Gasteiger partial charge >= 0.3 is 0 Å². The summed E-state index contributed by atoms with van der Waals surface area (Å²) >= 11 is 3.50. The van der Waals surface area contributed by atoms with E-state index in [-0.39, 0.29) is 0 Å². The van der Waals surface area contributed by atoms with Crippen molar-refractivity contribution < 1.29 is 0 Å². The maximum atomic E-state index is 4.60. The summed E-state index contributed by atoms with van der Waals surface area (Å²) in [6, 6.07) is 2.13. The molecule has 2 aromatic heterocycles. The zero-order valence-electron chi connectivity index (χ0n) is 11.4. The van der Waals surface area contributed by atoms with Crippen molar-refractivity contribution in [1.29, 1.82) is 0 Å². The Hall–Kier alpha value is -1.43. The Morgan fingerprint density at radius 3 is 2.68 bits per heavy atom. The van der Waals surface area contributed by atoms with Crippen LogP contribution >= 0.6 is 15.9 Å². The van der Waals surface area contributed by atoms with Gasteiger partial charge in [-0.05, 0) is 41.8 Å². The Balaban J connectivity index is 2.50. The van der Waals surface area contributed by atoms with Crippen LogP contribution in [0.1, 0.15) is 32.2 Å². The lowest BCUT2D eigenvalue weighted by atomic mass is 10.2. The van der Waals surface area contributed by atoms with Crippen LogP contribution in [0.25, 0.3) is 5.82 Å². The van der Waals surface area contributed by atoms with Crippen molar-refractivity contribution in [3.05, 3.63) is 28.1 Å². The lowest BCUT2D eigenvalue weighted by Gasteiger charge is -2.09. The summed E-state index contributed by atoms with van der Waals surface area (Å²) in [4.78, 5) is 8.75. The van der Waals surface area contributed by atoms with Gasteiger partial charge in [-0.2, -0.15) is 10.1 Å². The number of rotatable bonds is 5. The first-order valence-electron chi connectivity index (χ1n) is 6.54. The number of nitrogens with one attached hydrogen (secondary N) is 1. The second-order valence-corrected chi connectivity index (χ2v) is 5.00. The van der Waals surface area contributed by atoms with Crippen LogP contribution in [-0.2, 0) is 12.8 Å². The molecule has 0 unspecified atom stereocenters. The average Bonchev–Trinajstić information content (AvgIpc) is 2.84. The second kappa shape index (κ2) is 6.14. The predicted octanol–water partition coefficient (Wildman–Crippen LogP) is 2.98. The minimum absolute atomic E-state index is 0.622. The van der Waals surface area contributed by atoms with Crippen molar-refractivity contribution >= 4 is 21.9 Å². The Morgan fingerprint density at radius 2 is 2.05 bits per heavy atom. The van der Waals surface area contributed by atoms with Crippen molar-refractivity contribution in [3.63, 3.8) is 0 Å². The fourth-order valence-electron chi connectivity index (χ4n) is 1.83. The van der Waals surface area contributed by atoms with Gasteiger partial charge in [-0.3, -0.25) is 0 Å². The molecule has 0 fully saturated rings. The van der Waals surface area contributed by atoms with E-state index in [1.54, 1.807) is 6.20 Å². The number of nitrogens with zero attached hydrogens (tertiary/aromatic N) is 4. The highest BCUT2D eigenvalue weighted by atomic mass is 79.9. The molecule has 0 aliphatic rings. The number of hydrogen-bond acceptors (Lipinski definition) is 4. The van der Waals surface area contributed by atoms with Gasteiger partial charge in [-0.15, -0.1) is 0 Å². The summed E-state index contributed by atoms with van der Waals surface area (Å²) in [5.74, 6) is 1.40. The highest BCUT2D eigenvalue weighted by Crippen LogP contribution is 2.21. The summed E-state index contributed by atoms with van der Waals surface area (Å²) in [5.41, 5.74) is 2.23. The molecular weight excluding hydrogens is 306 g/mol. The van der Waals surface area contributed by atoms with Gasteiger partial charge in [0, 0.05) is 18.4 Å². The van der Waals surface area contributed by atoms with Crippen LogP contribution < -0.4 is 5.32 Å². The van der Waals surface area contributed by atoms with E-state index in [1.165, 1.54) is 0 Å². The number of aromatic nitrogens is 4. The molecule has 0 saturated carbocycles. The van der Waals surface area contributed by atoms with Crippen molar-refractivity contribution in [2.45, 2.75) is 33.6 Å². The smallest absolute Gasteiger partial charge is 0.224 e. The normalized spacial score (nSPS) is 10.7. The average molecular weight is 324 g/mol. The van der Waals surface area contributed by atoms with Crippen LogP contribution in [0.15, 0.2) is 16.7 Å². The highest BCUT2D eigenvalue weighted by Gasteiger charge is 2.13. The maximum absolute atomic E-state index is 4.60. The van der Waals surface area contributed by atoms with Gasteiger partial charge < -0.3 is 5.32 Å². The SMILES string of the molecule is CCNc1ncc(Br)c(-n2nc(CC)cc2CC)n1. The van der Waals surface area contributed by atoms with E-state index in [9.17, 15) is 0 Å². The molecule has 0 spiro atoms. The summed E-state index contributed by atoms with van der Waals surface area (Å²) < 4.78 is 2.74. The minimum Gasteiger partial charge on any atom is -0.354 e. The van der Waals surface area contributed by atoms with Gasteiger partial charge in [0.2, 0.25) is 5.95 Å². The Labute approximate surface area is 121 Å². The van der Waals surface area contributed by atoms with E-state index in [0.717, 1.165) is 41.1 Å². The fourth-order valence-corrected chi connectivity index (χ4v) is 2.19. The fraction of sp³-hybridized carbons (Fsp3) is 0.462. The van der Waals surface area contributed by atoms with E-state index in [4.69, 9.17) is 0 Å². The van der Waals surface area contributed by atoms with E-state index in [2.05, 4.69) is 56.2 Å². The van der Waals surface area contributed by atoms with Crippen molar-refractivity contribution in [1.82, 2.24) is 19.7 Å². The van der Waals surface area contributed by atoms with E-state index < -0.39 is 0 Å². The molecule has 2 aromatic rings. The number of hydrogen-bond donors (Lipinski definition) is 1. The molecule has 0 radical (unpaired) electrons. The van der Waals surface area contributed by atoms with Gasteiger partial charge in [-0.1, -0.05) is 13.8 Å². The summed E-state index contributed by atoms with van der Waals surface area (Å²) in [5, 5.41) is 7.72. The minimum atomic E-state index is 0.622. The molecule has 2 heterocycles. The molecule has 6 heteroatoms. The largest absolute Gasteiger partial charge is 0.354 e. The highest BCUT2D eigenvalue weighted by molar-refractivity contribution is 9.10. The molecule has 0 atom stereocenters. The number of halogens is 1. The first kappa shape index (κ1) is 14.0. The molecule has 5 nitrogen and oxygen atoms in total.